The Morgan fingerprint density at radius 1 is 1.39 bits per heavy atom. The van der Waals surface area contributed by atoms with Crippen LogP contribution < -0.4 is 4.74 Å². The highest BCUT2D eigenvalue weighted by molar-refractivity contribution is 5.77. The molecule has 0 radical (unpaired) electrons. The van der Waals surface area contributed by atoms with Gasteiger partial charge in [-0.1, -0.05) is 0 Å². The topological polar surface area (TPSA) is 35.5 Å². The second-order valence-electron chi connectivity index (χ2n) is 4.62. The highest BCUT2D eigenvalue weighted by Crippen LogP contribution is 2.39. The van der Waals surface area contributed by atoms with E-state index in [-0.39, 0.29) is 36.7 Å². The van der Waals surface area contributed by atoms with Gasteiger partial charge in [0.05, 0.1) is 25.7 Å². The number of ketones is 1. The molecule has 98 valence electrons. The van der Waals surface area contributed by atoms with Gasteiger partial charge in [0.25, 0.3) is 0 Å². The van der Waals surface area contributed by atoms with Gasteiger partial charge in [0, 0.05) is 18.1 Å². The molecule has 0 aromatic heterocycles. The first kappa shape index (κ1) is 13.0. The summed E-state index contributed by atoms with van der Waals surface area (Å²) < 4.78 is 37.4. The molecule has 1 saturated heterocycles. The van der Waals surface area contributed by atoms with Gasteiger partial charge in [-0.05, 0) is 13.0 Å². The number of halogens is 2. The fraction of sp³-hybridized carbons (Fsp3) is 0.462. The number of methoxy groups -OCH3 is 1. The molecule has 0 amide bonds. The predicted octanol–water partition coefficient (Wildman–Crippen LogP) is 2.22. The lowest BCUT2D eigenvalue weighted by Gasteiger charge is -2.41. The third-order valence-electron chi connectivity index (χ3n) is 3.16. The number of hydrogen-bond acceptors (Lipinski definition) is 3. The lowest BCUT2D eigenvalue weighted by molar-refractivity contribution is -0.125. The third-order valence-corrected chi connectivity index (χ3v) is 3.16. The molecular formula is C13H14F2O3. The van der Waals surface area contributed by atoms with Crippen LogP contribution in [0.2, 0.25) is 0 Å². The summed E-state index contributed by atoms with van der Waals surface area (Å²) in [5, 5.41) is 0. The molecule has 0 spiro atoms. The van der Waals surface area contributed by atoms with Crippen molar-refractivity contribution in [2.45, 2.75) is 18.8 Å². The molecule has 1 aromatic rings. The minimum atomic E-state index is -0.733. The zero-order valence-electron chi connectivity index (χ0n) is 10.3. The Morgan fingerprint density at radius 2 is 2.06 bits per heavy atom. The molecule has 0 bridgehead atoms. The molecule has 0 aliphatic carbocycles. The van der Waals surface area contributed by atoms with Crippen molar-refractivity contribution in [1.29, 1.82) is 0 Å². The summed E-state index contributed by atoms with van der Waals surface area (Å²) >= 11 is 0. The van der Waals surface area contributed by atoms with Crippen LogP contribution in [0.15, 0.2) is 12.1 Å². The van der Waals surface area contributed by atoms with Crippen molar-refractivity contribution in [2.75, 3.05) is 20.3 Å². The molecule has 1 heterocycles. The normalized spacial score (nSPS) is 17.1. The van der Waals surface area contributed by atoms with Crippen LogP contribution in [0.25, 0.3) is 0 Å². The molecule has 0 saturated carbocycles. The van der Waals surface area contributed by atoms with Crippen LogP contribution in [-0.2, 0) is 14.9 Å². The minimum absolute atomic E-state index is 0.0751. The first-order valence-corrected chi connectivity index (χ1v) is 5.59. The van der Waals surface area contributed by atoms with Crippen molar-refractivity contribution in [1.82, 2.24) is 0 Å². The lowest BCUT2D eigenvalue weighted by atomic mass is 9.74. The molecule has 0 N–H and O–H groups in total. The largest absolute Gasteiger partial charge is 0.494 e. The quantitative estimate of drug-likeness (QED) is 0.828. The molecule has 1 aromatic carbocycles. The maximum absolute atomic E-state index is 14.0. The highest BCUT2D eigenvalue weighted by Gasteiger charge is 2.43. The van der Waals surface area contributed by atoms with Gasteiger partial charge in [-0.25, -0.2) is 8.78 Å². The van der Waals surface area contributed by atoms with Crippen LogP contribution in [0, 0.1) is 11.6 Å². The zero-order chi connectivity index (χ0) is 13.3. The molecular weight excluding hydrogens is 242 g/mol. The Balaban J connectivity index is 2.43. The van der Waals surface area contributed by atoms with E-state index in [0.717, 1.165) is 12.1 Å². The van der Waals surface area contributed by atoms with Crippen LogP contribution in [0.5, 0.6) is 5.75 Å². The monoisotopic (exact) mass is 256 g/mol. The number of carbonyl (C=O) groups is 1. The second-order valence-corrected chi connectivity index (χ2v) is 4.62. The molecule has 0 atom stereocenters. The average Bonchev–Trinajstić information content (AvgIpc) is 2.26. The Hall–Kier alpha value is -1.49. The Bertz CT molecular complexity index is 481. The first-order chi connectivity index (χ1) is 8.48. The molecule has 2 rings (SSSR count). The number of benzene rings is 1. The van der Waals surface area contributed by atoms with Crippen molar-refractivity contribution in [3.05, 3.63) is 29.3 Å². The number of ether oxygens (including phenoxy) is 2. The van der Waals surface area contributed by atoms with E-state index in [1.807, 2.05) is 0 Å². The summed E-state index contributed by atoms with van der Waals surface area (Å²) in [4.78, 5) is 11.2. The van der Waals surface area contributed by atoms with Gasteiger partial charge in [-0.2, -0.15) is 0 Å². The Kier molecular flexibility index (Phi) is 3.34. The summed E-state index contributed by atoms with van der Waals surface area (Å²) in [7, 11) is 1.27. The van der Waals surface area contributed by atoms with Crippen LogP contribution in [0.4, 0.5) is 8.78 Å². The van der Waals surface area contributed by atoms with Crippen LogP contribution in [0.3, 0.4) is 0 Å². The van der Waals surface area contributed by atoms with Gasteiger partial charge >= 0.3 is 0 Å². The van der Waals surface area contributed by atoms with E-state index in [4.69, 9.17) is 9.47 Å². The van der Waals surface area contributed by atoms with Crippen molar-refractivity contribution >= 4 is 5.78 Å². The average molecular weight is 256 g/mol. The van der Waals surface area contributed by atoms with E-state index in [1.165, 1.54) is 14.0 Å². The molecule has 0 unspecified atom stereocenters. The lowest BCUT2D eigenvalue weighted by Crippen LogP contribution is -2.48. The maximum Gasteiger partial charge on any atom is 0.165 e. The van der Waals surface area contributed by atoms with Crippen molar-refractivity contribution in [3.8, 4) is 5.75 Å². The van der Waals surface area contributed by atoms with E-state index >= 15 is 0 Å². The zero-order valence-corrected chi connectivity index (χ0v) is 10.3. The minimum Gasteiger partial charge on any atom is -0.494 e. The number of carbonyl (C=O) groups excluding carboxylic acids is 1. The van der Waals surface area contributed by atoms with Crippen LogP contribution in [-0.4, -0.2) is 26.1 Å². The van der Waals surface area contributed by atoms with Gasteiger partial charge in [0.1, 0.15) is 11.6 Å². The number of rotatable bonds is 4. The maximum atomic E-state index is 14.0. The summed E-state index contributed by atoms with van der Waals surface area (Å²) in [6, 6.07) is 2.10. The van der Waals surface area contributed by atoms with Gasteiger partial charge in [-0.15, -0.1) is 0 Å². The van der Waals surface area contributed by atoms with Crippen LogP contribution in [0.1, 0.15) is 18.9 Å². The SMILES string of the molecule is COc1cc(F)c(C2(CC(C)=O)COC2)cc1F. The third kappa shape index (κ3) is 2.10. The fourth-order valence-electron chi connectivity index (χ4n) is 2.27. The van der Waals surface area contributed by atoms with Gasteiger partial charge in [0.15, 0.2) is 11.6 Å². The van der Waals surface area contributed by atoms with Crippen molar-refractivity contribution in [2.24, 2.45) is 0 Å². The molecule has 18 heavy (non-hydrogen) atoms. The van der Waals surface area contributed by atoms with Gasteiger partial charge < -0.3 is 9.47 Å². The van der Waals surface area contributed by atoms with E-state index in [1.54, 1.807) is 0 Å². The highest BCUT2D eigenvalue weighted by atomic mass is 19.1. The molecule has 1 fully saturated rings. The van der Waals surface area contributed by atoms with Crippen LogP contribution >= 0.6 is 0 Å². The van der Waals surface area contributed by atoms with E-state index in [0.29, 0.717) is 0 Å². The smallest absolute Gasteiger partial charge is 0.165 e. The van der Waals surface area contributed by atoms with Crippen molar-refractivity contribution in [3.63, 3.8) is 0 Å². The number of hydrogen-bond donors (Lipinski definition) is 0. The van der Waals surface area contributed by atoms with E-state index in [2.05, 4.69) is 0 Å². The Labute approximate surface area is 104 Å². The summed E-state index contributed by atoms with van der Waals surface area (Å²) in [5.41, 5.74) is -0.550. The standard InChI is InChI=1S/C13H14F2O3/c1-8(16)5-13(6-18-7-13)9-3-11(15)12(17-2)4-10(9)14/h3-4H,5-7H2,1-2H3. The summed E-state index contributed by atoms with van der Waals surface area (Å²) in [6.07, 6.45) is 0.149. The molecule has 3 nitrogen and oxygen atoms in total. The van der Waals surface area contributed by atoms with Gasteiger partial charge in [0.2, 0.25) is 0 Å². The number of Topliss-reactive ketones (excluding diaryl/α,β-unsaturated/α-hetero) is 1. The summed E-state index contributed by atoms with van der Waals surface area (Å²) in [6.45, 7) is 1.89. The van der Waals surface area contributed by atoms with Crippen molar-refractivity contribution < 1.29 is 23.0 Å². The van der Waals surface area contributed by atoms with Gasteiger partial charge in [-0.3, -0.25) is 4.79 Å². The summed E-state index contributed by atoms with van der Waals surface area (Å²) in [5.74, 6) is -1.43. The molecule has 1 aliphatic rings. The second kappa shape index (κ2) is 4.65. The predicted molar refractivity (Wildman–Crippen MR) is 60.7 cm³/mol. The Morgan fingerprint density at radius 3 is 2.50 bits per heavy atom. The van der Waals surface area contributed by atoms with E-state index in [9.17, 15) is 13.6 Å². The molecule has 5 heteroatoms. The first-order valence-electron chi connectivity index (χ1n) is 5.59. The fourth-order valence-corrected chi connectivity index (χ4v) is 2.27. The van der Waals surface area contributed by atoms with E-state index < -0.39 is 17.0 Å². The molecule has 1 aliphatic heterocycles.